The SMILES string of the molecule is O=C(CCCCCCC(=O)Nc1ccc(-c2cc(=S)ss2)cc1)NO. The summed E-state index contributed by atoms with van der Waals surface area (Å²) >= 11 is 5.14. The minimum atomic E-state index is -0.367. The molecule has 1 aromatic carbocycles. The first kappa shape index (κ1) is 19.7. The first-order valence-corrected chi connectivity index (χ1v) is 10.6. The Hall–Kier alpha value is -1.61. The van der Waals surface area contributed by atoms with Crippen LogP contribution in [0.25, 0.3) is 10.4 Å². The lowest BCUT2D eigenvalue weighted by atomic mass is 10.1. The summed E-state index contributed by atoms with van der Waals surface area (Å²) < 4.78 is 0.884. The largest absolute Gasteiger partial charge is 0.326 e. The van der Waals surface area contributed by atoms with Crippen molar-refractivity contribution in [3.8, 4) is 10.4 Å². The van der Waals surface area contributed by atoms with Crippen molar-refractivity contribution in [3.05, 3.63) is 34.2 Å². The van der Waals surface area contributed by atoms with Crippen LogP contribution in [0, 0.1) is 3.82 Å². The van der Waals surface area contributed by atoms with Gasteiger partial charge in [-0.1, -0.05) is 57.9 Å². The lowest BCUT2D eigenvalue weighted by Crippen LogP contribution is -2.17. The molecular weight excluding hydrogens is 376 g/mol. The molecule has 3 N–H and O–H groups in total. The highest BCUT2D eigenvalue weighted by Crippen LogP contribution is 2.30. The predicted octanol–water partition coefficient (Wildman–Crippen LogP) is 4.99. The smallest absolute Gasteiger partial charge is 0.243 e. The van der Waals surface area contributed by atoms with Crippen LogP contribution in [0.5, 0.6) is 0 Å². The van der Waals surface area contributed by atoms with Gasteiger partial charge in [-0.2, -0.15) is 0 Å². The van der Waals surface area contributed by atoms with E-state index in [4.69, 9.17) is 17.4 Å². The average molecular weight is 397 g/mol. The molecule has 0 radical (unpaired) electrons. The number of hydrogen-bond acceptors (Lipinski definition) is 6. The molecule has 0 aliphatic heterocycles. The van der Waals surface area contributed by atoms with Gasteiger partial charge in [0.2, 0.25) is 11.8 Å². The summed E-state index contributed by atoms with van der Waals surface area (Å²) in [6.07, 6.45) is 4.01. The van der Waals surface area contributed by atoms with Gasteiger partial charge in [0.15, 0.2) is 0 Å². The molecule has 8 heteroatoms. The van der Waals surface area contributed by atoms with Crippen molar-refractivity contribution in [2.45, 2.75) is 38.5 Å². The van der Waals surface area contributed by atoms with Crippen LogP contribution in [0.15, 0.2) is 30.3 Å². The molecule has 2 amide bonds. The summed E-state index contributed by atoms with van der Waals surface area (Å²) in [7, 11) is 3.24. The Balaban J connectivity index is 1.68. The zero-order valence-electron chi connectivity index (χ0n) is 13.6. The van der Waals surface area contributed by atoms with Gasteiger partial charge >= 0.3 is 0 Å². The molecule has 0 aliphatic rings. The van der Waals surface area contributed by atoms with Gasteiger partial charge in [-0.3, -0.25) is 14.8 Å². The van der Waals surface area contributed by atoms with Crippen molar-refractivity contribution < 1.29 is 14.8 Å². The standard InChI is InChI=1S/C17H20N2O3S3/c20-15(5-3-1-2-4-6-16(21)19-22)18-13-9-7-12(8-10-13)14-11-17(23)25-24-14/h7-11,22H,1-6H2,(H,18,20)(H,19,21). The van der Waals surface area contributed by atoms with Crippen LogP contribution in [0.3, 0.4) is 0 Å². The monoisotopic (exact) mass is 396 g/mol. The highest BCUT2D eigenvalue weighted by Gasteiger charge is 2.05. The highest BCUT2D eigenvalue weighted by molar-refractivity contribution is 7.80. The number of carbonyl (C=O) groups is 2. The van der Waals surface area contributed by atoms with E-state index in [2.05, 4.69) is 5.32 Å². The van der Waals surface area contributed by atoms with E-state index in [0.29, 0.717) is 19.3 Å². The normalized spacial score (nSPS) is 10.4. The lowest BCUT2D eigenvalue weighted by molar-refractivity contribution is -0.129. The third kappa shape index (κ3) is 7.03. The van der Waals surface area contributed by atoms with E-state index in [0.717, 1.165) is 39.2 Å². The quantitative estimate of drug-likeness (QED) is 0.183. The van der Waals surface area contributed by atoms with Gasteiger partial charge in [0.05, 0.1) is 0 Å². The number of nitrogens with one attached hydrogen (secondary N) is 2. The van der Waals surface area contributed by atoms with Gasteiger partial charge in [-0.15, -0.1) is 0 Å². The van der Waals surface area contributed by atoms with E-state index in [1.807, 2.05) is 30.3 Å². The third-order valence-electron chi connectivity index (χ3n) is 3.60. The van der Waals surface area contributed by atoms with Crippen molar-refractivity contribution >= 4 is 50.4 Å². The van der Waals surface area contributed by atoms with Crippen molar-refractivity contribution in [1.29, 1.82) is 0 Å². The molecule has 0 fully saturated rings. The molecule has 2 aromatic rings. The first-order chi connectivity index (χ1) is 12.1. The van der Waals surface area contributed by atoms with E-state index in [-0.39, 0.29) is 11.8 Å². The number of rotatable bonds is 9. The zero-order chi connectivity index (χ0) is 18.1. The zero-order valence-corrected chi connectivity index (χ0v) is 16.1. The predicted molar refractivity (Wildman–Crippen MR) is 105 cm³/mol. The highest BCUT2D eigenvalue weighted by atomic mass is 32.9. The van der Waals surface area contributed by atoms with Gasteiger partial charge < -0.3 is 5.32 Å². The summed E-state index contributed by atoms with van der Waals surface area (Å²) in [5.41, 5.74) is 3.49. The van der Waals surface area contributed by atoms with Gasteiger partial charge in [-0.25, -0.2) is 5.48 Å². The molecular formula is C17H20N2O3S3. The van der Waals surface area contributed by atoms with Crippen LogP contribution in [-0.2, 0) is 9.59 Å². The Kier molecular flexibility index (Phi) is 8.20. The van der Waals surface area contributed by atoms with Gasteiger partial charge in [-0.05, 0) is 36.6 Å². The molecule has 0 aliphatic carbocycles. The lowest BCUT2D eigenvalue weighted by Gasteiger charge is -2.06. The minimum absolute atomic E-state index is 0.00737. The fourth-order valence-corrected chi connectivity index (χ4v) is 4.70. The molecule has 1 aromatic heterocycles. The van der Waals surface area contributed by atoms with Gasteiger partial charge in [0.1, 0.15) is 3.82 Å². The fraction of sp³-hybridized carbons (Fsp3) is 0.353. The molecule has 0 saturated heterocycles. The van der Waals surface area contributed by atoms with Crippen molar-refractivity contribution in [2.75, 3.05) is 5.32 Å². The second-order valence-electron chi connectivity index (χ2n) is 5.57. The topological polar surface area (TPSA) is 78.4 Å². The number of hydrogen-bond donors (Lipinski definition) is 3. The second-order valence-corrected chi connectivity index (χ2v) is 8.48. The van der Waals surface area contributed by atoms with E-state index < -0.39 is 0 Å². The molecule has 0 atom stereocenters. The van der Waals surface area contributed by atoms with Gasteiger partial charge in [0, 0.05) is 23.4 Å². The Labute approximate surface area is 159 Å². The number of hydroxylamine groups is 1. The maximum Gasteiger partial charge on any atom is 0.243 e. The van der Waals surface area contributed by atoms with Crippen LogP contribution in [0.1, 0.15) is 38.5 Å². The number of unbranched alkanes of at least 4 members (excludes halogenated alkanes) is 3. The molecule has 1 heterocycles. The fourth-order valence-electron chi connectivity index (χ4n) is 2.29. The molecule has 0 saturated carbocycles. The van der Waals surface area contributed by atoms with E-state index >= 15 is 0 Å². The molecule has 0 bridgehead atoms. The van der Waals surface area contributed by atoms with E-state index in [9.17, 15) is 9.59 Å². The average Bonchev–Trinajstić information content (AvgIpc) is 3.04. The summed E-state index contributed by atoms with van der Waals surface area (Å²) in [6, 6.07) is 9.75. The number of amides is 2. The van der Waals surface area contributed by atoms with E-state index in [1.165, 1.54) is 0 Å². The molecule has 0 unspecified atom stereocenters. The van der Waals surface area contributed by atoms with Crippen molar-refractivity contribution in [3.63, 3.8) is 0 Å². The first-order valence-electron chi connectivity index (χ1n) is 8.02. The molecule has 2 rings (SSSR count). The summed E-state index contributed by atoms with van der Waals surface area (Å²) in [5, 5.41) is 11.3. The Bertz CT molecular complexity index is 753. The number of benzene rings is 1. The second kappa shape index (κ2) is 10.4. The number of carbonyl (C=O) groups excluding carboxylic acids is 2. The number of anilines is 1. The summed E-state index contributed by atoms with van der Waals surface area (Å²) in [5.74, 6) is -0.375. The van der Waals surface area contributed by atoms with Crippen LogP contribution >= 0.6 is 32.9 Å². The molecule has 0 spiro atoms. The molecule has 5 nitrogen and oxygen atoms in total. The maximum absolute atomic E-state index is 11.9. The Morgan fingerprint density at radius 3 is 2.16 bits per heavy atom. The van der Waals surface area contributed by atoms with Crippen molar-refractivity contribution in [1.82, 2.24) is 5.48 Å². The summed E-state index contributed by atoms with van der Waals surface area (Å²) in [4.78, 5) is 23.9. The van der Waals surface area contributed by atoms with Crippen LogP contribution in [0.2, 0.25) is 0 Å². The third-order valence-corrected chi connectivity index (χ3v) is 6.51. The minimum Gasteiger partial charge on any atom is -0.326 e. The molecule has 25 heavy (non-hydrogen) atoms. The van der Waals surface area contributed by atoms with E-state index in [1.54, 1.807) is 26.2 Å². The van der Waals surface area contributed by atoms with Crippen LogP contribution in [0.4, 0.5) is 5.69 Å². The molecule has 134 valence electrons. The Morgan fingerprint density at radius 1 is 0.960 bits per heavy atom. The van der Waals surface area contributed by atoms with Crippen LogP contribution < -0.4 is 10.8 Å². The maximum atomic E-state index is 11.9. The van der Waals surface area contributed by atoms with Crippen molar-refractivity contribution in [2.24, 2.45) is 0 Å². The van der Waals surface area contributed by atoms with Crippen LogP contribution in [-0.4, -0.2) is 17.0 Å². The van der Waals surface area contributed by atoms with Gasteiger partial charge in [0.25, 0.3) is 0 Å². The Morgan fingerprint density at radius 2 is 1.60 bits per heavy atom. The summed E-state index contributed by atoms with van der Waals surface area (Å²) in [6.45, 7) is 0.